The van der Waals surface area contributed by atoms with Crippen molar-refractivity contribution in [3.05, 3.63) is 29.6 Å². The van der Waals surface area contributed by atoms with Crippen molar-refractivity contribution in [2.45, 2.75) is 13.8 Å². The molecule has 0 aromatic carbocycles. The van der Waals surface area contributed by atoms with E-state index in [1.807, 2.05) is 13.8 Å². The van der Waals surface area contributed by atoms with Gasteiger partial charge < -0.3 is 15.3 Å². The van der Waals surface area contributed by atoms with Gasteiger partial charge in [0.2, 0.25) is 0 Å². The van der Waals surface area contributed by atoms with E-state index in [1.54, 1.807) is 0 Å². The van der Waals surface area contributed by atoms with Crippen LogP contribution in [0.25, 0.3) is 0 Å². The Hall–Kier alpha value is -2.44. The van der Waals surface area contributed by atoms with Crippen molar-refractivity contribution in [3.63, 3.8) is 0 Å². The van der Waals surface area contributed by atoms with Gasteiger partial charge >= 0.3 is 5.97 Å². The predicted octanol–water partition coefficient (Wildman–Crippen LogP) is 0.624. The van der Waals surface area contributed by atoms with Crippen LogP contribution in [-0.2, 0) is 4.79 Å². The average molecular weight is 293 g/mol. The molecule has 2 amide bonds. The Bertz CT molecular complexity index is 526. The summed E-state index contributed by atoms with van der Waals surface area (Å²) >= 11 is 0. The van der Waals surface area contributed by atoms with Crippen LogP contribution in [0.4, 0.5) is 0 Å². The largest absolute Gasteiger partial charge is 0.480 e. The number of carbonyl (C=O) groups excluding carboxylic acids is 2. The predicted molar refractivity (Wildman–Crippen MR) is 76.0 cm³/mol. The van der Waals surface area contributed by atoms with E-state index in [4.69, 9.17) is 5.11 Å². The van der Waals surface area contributed by atoms with Crippen LogP contribution in [0.2, 0.25) is 0 Å². The van der Waals surface area contributed by atoms with Crippen LogP contribution >= 0.6 is 0 Å². The smallest absolute Gasteiger partial charge is 0.323 e. The Morgan fingerprint density at radius 3 is 2.43 bits per heavy atom. The first-order chi connectivity index (χ1) is 9.85. The van der Waals surface area contributed by atoms with Gasteiger partial charge in [0.1, 0.15) is 12.2 Å². The third kappa shape index (κ3) is 4.87. The highest BCUT2D eigenvalue weighted by molar-refractivity contribution is 5.97. The van der Waals surface area contributed by atoms with Gasteiger partial charge in [-0.15, -0.1) is 0 Å². The molecule has 2 N–H and O–H groups in total. The summed E-state index contributed by atoms with van der Waals surface area (Å²) < 4.78 is 0. The van der Waals surface area contributed by atoms with Crippen LogP contribution in [0, 0.1) is 5.92 Å². The van der Waals surface area contributed by atoms with Crippen LogP contribution in [0.5, 0.6) is 0 Å². The molecule has 0 radical (unpaired) electrons. The van der Waals surface area contributed by atoms with Crippen LogP contribution in [0.1, 0.15) is 34.7 Å². The van der Waals surface area contributed by atoms with Gasteiger partial charge in [0, 0.05) is 19.8 Å². The van der Waals surface area contributed by atoms with Crippen molar-refractivity contribution in [1.82, 2.24) is 15.2 Å². The Morgan fingerprint density at radius 2 is 2.00 bits per heavy atom. The number of aromatic nitrogens is 1. The van der Waals surface area contributed by atoms with Crippen molar-refractivity contribution in [3.8, 4) is 0 Å². The number of pyridine rings is 1. The van der Waals surface area contributed by atoms with Crippen molar-refractivity contribution in [2.24, 2.45) is 5.92 Å². The number of nitrogens with zero attached hydrogens (tertiary/aromatic N) is 2. The number of carboxylic acids is 1. The Balaban J connectivity index is 2.92. The SMILES string of the molecule is CNC(=O)c1ccc(C(=O)N(CC(=O)O)CC(C)C)cn1. The summed E-state index contributed by atoms with van der Waals surface area (Å²) in [5.41, 5.74) is 0.451. The molecular formula is C14H19N3O4. The molecule has 0 fully saturated rings. The minimum absolute atomic E-state index is 0.145. The molecule has 0 aliphatic heterocycles. The Labute approximate surface area is 123 Å². The van der Waals surface area contributed by atoms with E-state index in [0.717, 1.165) is 0 Å². The maximum Gasteiger partial charge on any atom is 0.323 e. The van der Waals surface area contributed by atoms with Gasteiger partial charge in [-0.05, 0) is 18.1 Å². The molecule has 7 nitrogen and oxygen atoms in total. The first-order valence-electron chi connectivity index (χ1n) is 6.54. The molecule has 1 aromatic heterocycles. The first kappa shape index (κ1) is 16.6. The minimum Gasteiger partial charge on any atom is -0.480 e. The molecule has 0 unspecified atom stereocenters. The molecule has 0 spiro atoms. The molecule has 1 aromatic rings. The van der Waals surface area contributed by atoms with Gasteiger partial charge in [-0.3, -0.25) is 19.4 Å². The van der Waals surface area contributed by atoms with Gasteiger partial charge in [-0.2, -0.15) is 0 Å². The number of hydrogen-bond donors (Lipinski definition) is 2. The lowest BCUT2D eigenvalue weighted by molar-refractivity contribution is -0.137. The van der Waals surface area contributed by atoms with Gasteiger partial charge in [0.25, 0.3) is 11.8 Å². The zero-order chi connectivity index (χ0) is 16.0. The second-order valence-electron chi connectivity index (χ2n) is 4.98. The van der Waals surface area contributed by atoms with Crippen molar-refractivity contribution in [2.75, 3.05) is 20.1 Å². The van der Waals surface area contributed by atoms with Gasteiger partial charge in [-0.25, -0.2) is 0 Å². The number of carboxylic acid groups (broad SMARTS) is 1. The third-order valence-corrected chi connectivity index (χ3v) is 2.67. The maximum absolute atomic E-state index is 12.3. The van der Waals surface area contributed by atoms with E-state index in [2.05, 4.69) is 10.3 Å². The highest BCUT2D eigenvalue weighted by Crippen LogP contribution is 2.08. The first-order valence-corrected chi connectivity index (χ1v) is 6.54. The van der Waals surface area contributed by atoms with Crippen molar-refractivity contribution in [1.29, 1.82) is 0 Å². The molecule has 0 bridgehead atoms. The van der Waals surface area contributed by atoms with E-state index in [0.29, 0.717) is 6.54 Å². The summed E-state index contributed by atoms with van der Waals surface area (Å²) in [5.74, 6) is -1.69. The molecule has 0 aliphatic carbocycles. The van der Waals surface area contributed by atoms with Gasteiger partial charge in [-0.1, -0.05) is 13.8 Å². The number of amides is 2. The maximum atomic E-state index is 12.3. The van der Waals surface area contributed by atoms with E-state index in [9.17, 15) is 14.4 Å². The Morgan fingerprint density at radius 1 is 1.33 bits per heavy atom. The monoisotopic (exact) mass is 293 g/mol. The Kier molecular flexibility index (Phi) is 5.83. The summed E-state index contributed by atoms with van der Waals surface area (Å²) in [6.45, 7) is 3.76. The molecule has 1 rings (SSSR count). The molecule has 0 aliphatic rings. The van der Waals surface area contributed by atoms with Crippen molar-refractivity contribution >= 4 is 17.8 Å². The van der Waals surface area contributed by atoms with E-state index >= 15 is 0 Å². The molecule has 0 saturated carbocycles. The summed E-state index contributed by atoms with van der Waals surface area (Å²) in [6, 6.07) is 2.90. The highest BCUT2D eigenvalue weighted by atomic mass is 16.4. The normalized spacial score (nSPS) is 10.3. The lowest BCUT2D eigenvalue weighted by Gasteiger charge is -2.22. The molecule has 0 saturated heterocycles. The lowest BCUT2D eigenvalue weighted by Crippen LogP contribution is -2.38. The van der Waals surface area contributed by atoms with Crippen LogP contribution < -0.4 is 5.32 Å². The number of carbonyl (C=O) groups is 3. The van der Waals surface area contributed by atoms with Crippen LogP contribution in [0.3, 0.4) is 0 Å². The fraction of sp³-hybridized carbons (Fsp3) is 0.429. The zero-order valence-electron chi connectivity index (χ0n) is 12.3. The van der Waals surface area contributed by atoms with Crippen molar-refractivity contribution < 1.29 is 19.5 Å². The van der Waals surface area contributed by atoms with Crippen LogP contribution in [-0.4, -0.2) is 52.9 Å². The summed E-state index contributed by atoms with van der Waals surface area (Å²) in [5, 5.41) is 11.3. The summed E-state index contributed by atoms with van der Waals surface area (Å²) in [7, 11) is 1.49. The summed E-state index contributed by atoms with van der Waals surface area (Å²) in [4.78, 5) is 39.7. The summed E-state index contributed by atoms with van der Waals surface area (Å²) in [6.07, 6.45) is 1.28. The second-order valence-corrected chi connectivity index (χ2v) is 4.98. The molecule has 0 atom stereocenters. The average Bonchev–Trinajstić information content (AvgIpc) is 2.44. The quantitative estimate of drug-likeness (QED) is 0.801. The number of hydrogen-bond acceptors (Lipinski definition) is 4. The third-order valence-electron chi connectivity index (χ3n) is 2.67. The van der Waals surface area contributed by atoms with E-state index in [-0.39, 0.29) is 29.6 Å². The van der Waals surface area contributed by atoms with E-state index < -0.39 is 11.9 Å². The topological polar surface area (TPSA) is 99.6 Å². The van der Waals surface area contributed by atoms with Gasteiger partial charge in [0.05, 0.1) is 5.56 Å². The van der Waals surface area contributed by atoms with E-state index in [1.165, 1.54) is 30.3 Å². The number of aliphatic carboxylic acids is 1. The number of nitrogens with one attached hydrogen (secondary N) is 1. The number of rotatable bonds is 6. The second kappa shape index (κ2) is 7.37. The fourth-order valence-corrected chi connectivity index (χ4v) is 1.79. The fourth-order valence-electron chi connectivity index (χ4n) is 1.79. The molecular weight excluding hydrogens is 274 g/mol. The zero-order valence-corrected chi connectivity index (χ0v) is 12.3. The van der Waals surface area contributed by atoms with Gasteiger partial charge in [0.15, 0.2) is 0 Å². The molecule has 1 heterocycles. The highest BCUT2D eigenvalue weighted by Gasteiger charge is 2.20. The molecule has 114 valence electrons. The standard InChI is InChI=1S/C14H19N3O4/c1-9(2)7-17(8-12(18)19)14(21)10-4-5-11(16-6-10)13(20)15-3/h4-6,9H,7-8H2,1-3H3,(H,15,20)(H,18,19). The molecule has 21 heavy (non-hydrogen) atoms. The molecule has 7 heteroatoms. The van der Waals surface area contributed by atoms with Crippen LogP contribution in [0.15, 0.2) is 18.3 Å². The lowest BCUT2D eigenvalue weighted by atomic mass is 10.1. The minimum atomic E-state index is -1.07.